The van der Waals surface area contributed by atoms with Gasteiger partial charge in [0.05, 0.1) is 12.1 Å². The maximum atomic E-state index is 13.2. The van der Waals surface area contributed by atoms with Gasteiger partial charge in [0.25, 0.3) is 0 Å². The molecule has 19 heavy (non-hydrogen) atoms. The van der Waals surface area contributed by atoms with Crippen molar-refractivity contribution in [3.63, 3.8) is 0 Å². The van der Waals surface area contributed by atoms with Crippen LogP contribution in [0.25, 0.3) is 11.1 Å². The predicted molar refractivity (Wildman–Crippen MR) is 76.2 cm³/mol. The van der Waals surface area contributed by atoms with Crippen LogP contribution in [0.15, 0.2) is 36.4 Å². The first kappa shape index (κ1) is 13.8. The van der Waals surface area contributed by atoms with Crippen molar-refractivity contribution >= 4 is 11.6 Å². The minimum Gasteiger partial charge on any atom is -0.496 e. The molecule has 0 aromatic heterocycles. The van der Waals surface area contributed by atoms with Crippen molar-refractivity contribution in [1.29, 1.82) is 0 Å². The van der Waals surface area contributed by atoms with Crippen LogP contribution in [-0.2, 0) is 6.42 Å². The van der Waals surface area contributed by atoms with Gasteiger partial charge >= 0.3 is 0 Å². The van der Waals surface area contributed by atoms with Crippen molar-refractivity contribution in [2.75, 3.05) is 13.7 Å². The maximum absolute atomic E-state index is 13.2. The Kier molecular flexibility index (Phi) is 4.40. The molecule has 0 radical (unpaired) electrons. The monoisotopic (exact) mass is 279 g/mol. The van der Waals surface area contributed by atoms with Gasteiger partial charge in [-0.15, -0.1) is 0 Å². The second kappa shape index (κ2) is 6.04. The Morgan fingerprint density at radius 1 is 1.21 bits per heavy atom. The Morgan fingerprint density at radius 3 is 2.63 bits per heavy atom. The van der Waals surface area contributed by atoms with Gasteiger partial charge < -0.3 is 10.5 Å². The van der Waals surface area contributed by atoms with Crippen LogP contribution in [0.3, 0.4) is 0 Å². The quantitative estimate of drug-likeness (QED) is 0.927. The maximum Gasteiger partial charge on any atom is 0.141 e. The van der Waals surface area contributed by atoms with E-state index in [4.69, 9.17) is 22.1 Å². The average Bonchev–Trinajstić information content (AvgIpc) is 2.42. The number of benzene rings is 2. The molecule has 0 amide bonds. The van der Waals surface area contributed by atoms with Crippen LogP contribution >= 0.6 is 11.6 Å². The summed E-state index contributed by atoms with van der Waals surface area (Å²) in [4.78, 5) is 0. The molecule has 0 saturated carbocycles. The van der Waals surface area contributed by atoms with Crippen LogP contribution in [0.1, 0.15) is 5.56 Å². The lowest BCUT2D eigenvalue weighted by Gasteiger charge is -2.11. The first-order valence-electron chi connectivity index (χ1n) is 5.98. The first-order chi connectivity index (χ1) is 9.15. The minimum absolute atomic E-state index is 0.101. The fourth-order valence-corrected chi connectivity index (χ4v) is 2.15. The molecule has 0 aliphatic rings. The van der Waals surface area contributed by atoms with Gasteiger partial charge in [0.1, 0.15) is 11.6 Å². The van der Waals surface area contributed by atoms with E-state index in [1.54, 1.807) is 19.2 Å². The zero-order valence-corrected chi connectivity index (χ0v) is 11.4. The highest BCUT2D eigenvalue weighted by Crippen LogP contribution is 2.33. The van der Waals surface area contributed by atoms with Crippen molar-refractivity contribution in [3.8, 4) is 16.9 Å². The van der Waals surface area contributed by atoms with Gasteiger partial charge in [-0.2, -0.15) is 0 Å². The first-order valence-corrected chi connectivity index (χ1v) is 6.36. The normalized spacial score (nSPS) is 10.5. The molecule has 2 nitrogen and oxygen atoms in total. The van der Waals surface area contributed by atoms with Crippen molar-refractivity contribution < 1.29 is 9.13 Å². The Morgan fingerprint density at radius 2 is 2.00 bits per heavy atom. The van der Waals surface area contributed by atoms with E-state index in [0.29, 0.717) is 6.54 Å². The summed E-state index contributed by atoms with van der Waals surface area (Å²) in [5, 5.41) is 0.101. The third-order valence-corrected chi connectivity index (χ3v) is 3.22. The fraction of sp³-hybridized carbons (Fsp3) is 0.200. The van der Waals surface area contributed by atoms with Gasteiger partial charge in [0.15, 0.2) is 0 Å². The largest absolute Gasteiger partial charge is 0.496 e. The lowest BCUT2D eigenvalue weighted by atomic mass is 10.0. The van der Waals surface area contributed by atoms with Gasteiger partial charge in [0, 0.05) is 5.56 Å². The molecule has 4 heteroatoms. The Labute approximate surface area is 117 Å². The fourth-order valence-electron chi connectivity index (χ4n) is 1.97. The lowest BCUT2D eigenvalue weighted by molar-refractivity contribution is 0.416. The SMILES string of the molecule is COc1ccc(CCN)cc1-c1ccc(F)c(Cl)c1. The number of hydrogen-bond acceptors (Lipinski definition) is 2. The molecule has 0 aliphatic carbocycles. The highest BCUT2D eigenvalue weighted by Gasteiger charge is 2.09. The summed E-state index contributed by atoms with van der Waals surface area (Å²) >= 11 is 5.82. The molecule has 0 atom stereocenters. The van der Waals surface area contributed by atoms with Crippen LogP contribution in [0.4, 0.5) is 4.39 Å². The second-order valence-electron chi connectivity index (χ2n) is 4.20. The van der Waals surface area contributed by atoms with E-state index < -0.39 is 5.82 Å². The minimum atomic E-state index is -0.428. The van der Waals surface area contributed by atoms with E-state index in [0.717, 1.165) is 28.9 Å². The zero-order valence-electron chi connectivity index (χ0n) is 10.6. The van der Waals surface area contributed by atoms with Gasteiger partial charge in [-0.3, -0.25) is 0 Å². The van der Waals surface area contributed by atoms with E-state index in [2.05, 4.69) is 0 Å². The molecule has 0 spiro atoms. The van der Waals surface area contributed by atoms with Crippen molar-refractivity contribution in [3.05, 3.63) is 52.8 Å². The molecule has 2 aromatic rings. The molecule has 0 aliphatic heterocycles. The topological polar surface area (TPSA) is 35.2 Å². The van der Waals surface area contributed by atoms with Gasteiger partial charge in [-0.25, -0.2) is 4.39 Å². The van der Waals surface area contributed by atoms with Crippen molar-refractivity contribution in [2.45, 2.75) is 6.42 Å². The summed E-state index contributed by atoms with van der Waals surface area (Å²) in [6, 6.07) is 10.5. The smallest absolute Gasteiger partial charge is 0.141 e. The molecule has 0 saturated heterocycles. The standard InChI is InChI=1S/C15H15ClFNO/c1-19-15-5-2-10(6-7-18)8-12(15)11-3-4-14(17)13(16)9-11/h2-5,8-9H,6-7,18H2,1H3. The van der Waals surface area contributed by atoms with Gasteiger partial charge in [0.2, 0.25) is 0 Å². The van der Waals surface area contributed by atoms with Crippen LogP contribution < -0.4 is 10.5 Å². The van der Waals surface area contributed by atoms with Gasteiger partial charge in [-0.1, -0.05) is 23.7 Å². The Hall–Kier alpha value is -1.58. The van der Waals surface area contributed by atoms with E-state index in [1.165, 1.54) is 6.07 Å². The third-order valence-electron chi connectivity index (χ3n) is 2.93. The molecule has 2 rings (SSSR count). The zero-order chi connectivity index (χ0) is 13.8. The molecule has 0 bridgehead atoms. The summed E-state index contributed by atoms with van der Waals surface area (Å²) in [6.45, 7) is 0.579. The Bertz CT molecular complexity index is 586. The van der Waals surface area contributed by atoms with Crippen LogP contribution in [0.2, 0.25) is 5.02 Å². The van der Waals surface area contributed by atoms with Gasteiger partial charge in [-0.05, 0) is 48.4 Å². The van der Waals surface area contributed by atoms with E-state index in [1.807, 2.05) is 18.2 Å². The number of hydrogen-bond donors (Lipinski definition) is 1. The van der Waals surface area contributed by atoms with E-state index >= 15 is 0 Å². The number of nitrogens with two attached hydrogens (primary N) is 1. The summed E-state index contributed by atoms with van der Waals surface area (Å²) in [6.07, 6.45) is 0.784. The average molecular weight is 280 g/mol. The van der Waals surface area contributed by atoms with E-state index in [9.17, 15) is 4.39 Å². The molecular formula is C15H15ClFNO. The summed E-state index contributed by atoms with van der Waals surface area (Å²) < 4.78 is 18.6. The molecular weight excluding hydrogens is 265 g/mol. The molecule has 2 aromatic carbocycles. The Balaban J connectivity index is 2.51. The number of halogens is 2. The van der Waals surface area contributed by atoms with Crippen LogP contribution in [0, 0.1) is 5.82 Å². The van der Waals surface area contributed by atoms with E-state index in [-0.39, 0.29) is 5.02 Å². The van der Waals surface area contributed by atoms with Crippen LogP contribution in [-0.4, -0.2) is 13.7 Å². The molecule has 100 valence electrons. The number of methoxy groups -OCH3 is 1. The summed E-state index contributed by atoms with van der Waals surface area (Å²) in [5.41, 5.74) is 8.38. The predicted octanol–water partition coefficient (Wildman–Crippen LogP) is 3.66. The second-order valence-corrected chi connectivity index (χ2v) is 4.61. The summed E-state index contributed by atoms with van der Waals surface area (Å²) in [5.74, 6) is 0.297. The van der Waals surface area contributed by atoms with Crippen molar-refractivity contribution in [2.24, 2.45) is 5.73 Å². The number of ether oxygens (including phenoxy) is 1. The van der Waals surface area contributed by atoms with Crippen molar-refractivity contribution in [1.82, 2.24) is 0 Å². The lowest BCUT2D eigenvalue weighted by Crippen LogP contribution is -2.03. The molecule has 0 unspecified atom stereocenters. The third kappa shape index (κ3) is 3.06. The molecule has 0 heterocycles. The molecule has 2 N–H and O–H groups in total. The number of rotatable bonds is 4. The molecule has 0 fully saturated rings. The summed E-state index contributed by atoms with van der Waals surface area (Å²) in [7, 11) is 1.60. The highest BCUT2D eigenvalue weighted by atomic mass is 35.5. The highest BCUT2D eigenvalue weighted by molar-refractivity contribution is 6.31. The van der Waals surface area contributed by atoms with Crippen LogP contribution in [0.5, 0.6) is 5.75 Å².